The summed E-state index contributed by atoms with van der Waals surface area (Å²) in [6, 6.07) is 4.92. The number of carbonyl (C=O) groups is 4. The molecule has 1 aromatic carbocycles. The van der Waals surface area contributed by atoms with Gasteiger partial charge in [-0.15, -0.1) is 0 Å². The summed E-state index contributed by atoms with van der Waals surface area (Å²) >= 11 is 0. The van der Waals surface area contributed by atoms with E-state index in [9.17, 15) is 19.2 Å². The highest BCUT2D eigenvalue weighted by atomic mass is 16.6. The molecule has 0 spiro atoms. The summed E-state index contributed by atoms with van der Waals surface area (Å²) in [6.45, 7) is 14.8. The summed E-state index contributed by atoms with van der Waals surface area (Å²) < 4.78 is 16.1. The first-order valence-electron chi connectivity index (χ1n) is 16.7. The molecule has 1 aromatic rings. The Morgan fingerprint density at radius 2 is 1.63 bits per heavy atom. The maximum Gasteiger partial charge on any atom is 0.404 e. The average molecular weight is 694 g/mol. The molecule has 2 atom stereocenters. The Morgan fingerprint density at radius 3 is 2.22 bits per heavy atom. The van der Waals surface area contributed by atoms with Crippen LogP contribution in [0.25, 0.3) is 0 Å². The molecule has 1 rings (SSSR count). The van der Waals surface area contributed by atoms with E-state index in [0.717, 1.165) is 6.42 Å². The van der Waals surface area contributed by atoms with Gasteiger partial charge in [0.25, 0.3) is 0 Å². The minimum atomic E-state index is -0.884. The topological polar surface area (TPSA) is 218 Å². The number of methoxy groups -OCH3 is 1. The van der Waals surface area contributed by atoms with Gasteiger partial charge in [0.1, 0.15) is 25.3 Å². The SMILES string of the molecule is COC(C)(C)CCOC(C)(C)CO/N=C(\C)CCC(=O)NC(C(=O)NC(CCCNCN)C(=O)Nc1ccc(COC(N)=O)cc1)C(C)C. The predicted molar refractivity (Wildman–Crippen MR) is 188 cm³/mol. The second kappa shape index (κ2) is 22.0. The van der Waals surface area contributed by atoms with E-state index >= 15 is 0 Å². The minimum Gasteiger partial charge on any atom is -0.445 e. The standard InChI is InChI=1S/C34H59N7O8/c1-23(2)29(40-28(42)16-11-24(3)41-49-21-34(6,7)48-19-17-33(4,5)46-8)31(44)39-27(10-9-18-37-22-35)30(43)38-26-14-12-25(13-15-26)20-47-32(36)45/h12-15,23,27,29,37H,9-11,16-22,35H2,1-8H3,(H2,36,45)(H,38,43)(H,39,44)(H,40,42)/b41-24+. The van der Waals surface area contributed by atoms with Gasteiger partial charge in [-0.05, 0) is 90.5 Å². The Balaban J connectivity index is 2.75. The molecule has 4 amide bonds. The van der Waals surface area contributed by atoms with Crippen molar-refractivity contribution in [1.82, 2.24) is 16.0 Å². The van der Waals surface area contributed by atoms with Crippen LogP contribution >= 0.6 is 0 Å². The van der Waals surface area contributed by atoms with Crippen molar-refractivity contribution in [3.05, 3.63) is 29.8 Å². The molecule has 0 radical (unpaired) electrons. The Kier molecular flexibility index (Phi) is 19.4. The third-order valence-corrected chi connectivity index (χ3v) is 7.59. The van der Waals surface area contributed by atoms with E-state index in [0.29, 0.717) is 49.4 Å². The number of primary amides is 1. The quantitative estimate of drug-likeness (QED) is 0.0403. The molecule has 0 aliphatic carbocycles. The van der Waals surface area contributed by atoms with E-state index in [-0.39, 0.29) is 43.7 Å². The zero-order chi connectivity index (χ0) is 37.0. The maximum atomic E-state index is 13.4. The van der Waals surface area contributed by atoms with Crippen molar-refractivity contribution in [2.24, 2.45) is 22.5 Å². The number of benzene rings is 1. The smallest absolute Gasteiger partial charge is 0.404 e. The van der Waals surface area contributed by atoms with Crippen molar-refractivity contribution in [3.63, 3.8) is 0 Å². The highest BCUT2D eigenvalue weighted by Crippen LogP contribution is 2.17. The summed E-state index contributed by atoms with van der Waals surface area (Å²) in [7, 11) is 1.67. The number of nitrogens with two attached hydrogens (primary N) is 2. The lowest BCUT2D eigenvalue weighted by Crippen LogP contribution is -2.54. The molecule has 49 heavy (non-hydrogen) atoms. The van der Waals surface area contributed by atoms with Crippen LogP contribution in [0.15, 0.2) is 29.4 Å². The van der Waals surface area contributed by atoms with Gasteiger partial charge in [0, 0.05) is 25.9 Å². The second-order valence-corrected chi connectivity index (χ2v) is 13.4. The molecule has 0 aliphatic heterocycles. The first-order valence-corrected chi connectivity index (χ1v) is 16.7. The monoisotopic (exact) mass is 693 g/mol. The van der Waals surface area contributed by atoms with Crippen LogP contribution in [-0.2, 0) is 40.0 Å². The molecule has 15 nitrogen and oxygen atoms in total. The van der Waals surface area contributed by atoms with Crippen LogP contribution in [0.1, 0.15) is 86.1 Å². The molecule has 0 saturated heterocycles. The number of nitrogens with one attached hydrogen (secondary N) is 4. The third kappa shape index (κ3) is 19.1. The largest absolute Gasteiger partial charge is 0.445 e. The third-order valence-electron chi connectivity index (χ3n) is 7.59. The summed E-state index contributed by atoms with van der Waals surface area (Å²) in [4.78, 5) is 55.9. The van der Waals surface area contributed by atoms with Crippen LogP contribution < -0.4 is 32.7 Å². The number of nitrogens with zero attached hydrogens (tertiary/aromatic N) is 1. The van der Waals surface area contributed by atoms with Crippen LogP contribution in [0.2, 0.25) is 0 Å². The van der Waals surface area contributed by atoms with E-state index in [2.05, 4.69) is 26.4 Å². The molecule has 0 aliphatic rings. The van der Waals surface area contributed by atoms with Crippen molar-refractivity contribution in [2.75, 3.05) is 38.9 Å². The lowest BCUT2D eigenvalue weighted by Gasteiger charge is -2.27. The van der Waals surface area contributed by atoms with Gasteiger partial charge in [0.2, 0.25) is 17.7 Å². The molecular formula is C34H59N7O8. The molecule has 0 bridgehead atoms. The van der Waals surface area contributed by atoms with E-state index < -0.39 is 35.6 Å². The minimum absolute atomic E-state index is 0.00146. The Morgan fingerprint density at radius 1 is 0.959 bits per heavy atom. The molecule has 278 valence electrons. The first kappa shape index (κ1) is 43.2. The van der Waals surface area contributed by atoms with Crippen molar-refractivity contribution in [2.45, 2.75) is 110 Å². The molecule has 0 aromatic heterocycles. The molecule has 0 fully saturated rings. The van der Waals surface area contributed by atoms with Crippen LogP contribution in [0.3, 0.4) is 0 Å². The zero-order valence-electron chi connectivity index (χ0n) is 30.5. The van der Waals surface area contributed by atoms with E-state index in [4.69, 9.17) is 30.5 Å². The number of anilines is 1. The molecule has 2 unspecified atom stereocenters. The summed E-state index contributed by atoms with van der Waals surface area (Å²) in [6.07, 6.45) is 1.16. The summed E-state index contributed by atoms with van der Waals surface area (Å²) in [5, 5.41) is 15.6. The molecule has 15 heteroatoms. The summed E-state index contributed by atoms with van der Waals surface area (Å²) in [5.74, 6) is -1.48. The number of ether oxygens (including phenoxy) is 3. The molecular weight excluding hydrogens is 634 g/mol. The van der Waals surface area contributed by atoms with Gasteiger partial charge in [-0.25, -0.2) is 4.79 Å². The van der Waals surface area contributed by atoms with Crippen LogP contribution in [0.5, 0.6) is 0 Å². The van der Waals surface area contributed by atoms with Crippen molar-refractivity contribution in [3.8, 4) is 0 Å². The van der Waals surface area contributed by atoms with Crippen LogP contribution in [0, 0.1) is 5.92 Å². The fraction of sp³-hybridized carbons (Fsp3) is 0.676. The molecule has 0 heterocycles. The predicted octanol–water partition coefficient (Wildman–Crippen LogP) is 2.92. The molecule has 0 saturated carbocycles. The Hall–Kier alpha value is -3.79. The van der Waals surface area contributed by atoms with E-state index in [1.54, 1.807) is 38.3 Å². The second-order valence-electron chi connectivity index (χ2n) is 13.4. The van der Waals surface area contributed by atoms with E-state index in [1.807, 2.05) is 41.5 Å². The fourth-order valence-electron chi connectivity index (χ4n) is 4.27. The number of rotatable bonds is 24. The van der Waals surface area contributed by atoms with E-state index in [1.165, 1.54) is 0 Å². The van der Waals surface area contributed by atoms with Crippen LogP contribution in [-0.4, -0.2) is 86.3 Å². The molecule has 8 N–H and O–H groups in total. The van der Waals surface area contributed by atoms with Gasteiger partial charge >= 0.3 is 6.09 Å². The van der Waals surface area contributed by atoms with Crippen molar-refractivity contribution in [1.29, 1.82) is 0 Å². The lowest BCUT2D eigenvalue weighted by atomic mass is 10.0. The number of amides is 4. The number of hydrogen-bond donors (Lipinski definition) is 6. The fourth-order valence-corrected chi connectivity index (χ4v) is 4.27. The van der Waals surface area contributed by atoms with Crippen molar-refractivity contribution >= 4 is 35.2 Å². The van der Waals surface area contributed by atoms with Crippen LogP contribution in [0.4, 0.5) is 10.5 Å². The zero-order valence-corrected chi connectivity index (χ0v) is 30.5. The van der Waals surface area contributed by atoms with Gasteiger partial charge in [0.15, 0.2) is 0 Å². The average Bonchev–Trinajstić information content (AvgIpc) is 3.03. The number of hydrogen-bond acceptors (Lipinski definition) is 11. The highest BCUT2D eigenvalue weighted by Gasteiger charge is 2.29. The Bertz CT molecular complexity index is 1210. The number of oxime groups is 1. The maximum absolute atomic E-state index is 13.4. The van der Waals surface area contributed by atoms with Gasteiger partial charge in [0.05, 0.1) is 23.5 Å². The van der Waals surface area contributed by atoms with Gasteiger partial charge in [-0.2, -0.15) is 0 Å². The van der Waals surface area contributed by atoms with Gasteiger partial charge in [-0.3, -0.25) is 14.4 Å². The highest BCUT2D eigenvalue weighted by molar-refractivity contribution is 5.98. The Labute approximate surface area is 290 Å². The van der Waals surface area contributed by atoms with Gasteiger partial charge in [-0.1, -0.05) is 31.1 Å². The first-order chi connectivity index (χ1) is 23.0. The van der Waals surface area contributed by atoms with Gasteiger partial charge < -0.3 is 51.8 Å². The number of carbonyl (C=O) groups excluding carboxylic acids is 4. The van der Waals surface area contributed by atoms with Crippen molar-refractivity contribution < 1.29 is 38.2 Å². The lowest BCUT2D eigenvalue weighted by molar-refractivity contribution is -0.132. The summed E-state index contributed by atoms with van der Waals surface area (Å²) in [5.41, 5.74) is 11.5. The normalized spacial score (nSPS) is 13.4.